The van der Waals surface area contributed by atoms with Crippen LogP contribution in [0.4, 0.5) is 0 Å². The fourth-order valence-electron chi connectivity index (χ4n) is 2.54. The lowest BCUT2D eigenvalue weighted by atomic mass is 9.95. The largest absolute Gasteiger partial charge is 0.493 e. The summed E-state index contributed by atoms with van der Waals surface area (Å²) >= 11 is 6.46. The summed E-state index contributed by atoms with van der Waals surface area (Å²) in [5.41, 5.74) is 2.06. The van der Waals surface area contributed by atoms with Crippen molar-refractivity contribution in [2.24, 2.45) is 0 Å². The molecule has 0 saturated carbocycles. The molecule has 1 saturated heterocycles. The number of methoxy groups -OCH3 is 2. The van der Waals surface area contributed by atoms with Crippen LogP contribution in [-0.4, -0.2) is 20.8 Å². The molecule has 3 nitrogen and oxygen atoms in total. The van der Waals surface area contributed by atoms with Gasteiger partial charge < -0.3 is 14.8 Å². The highest BCUT2D eigenvalue weighted by molar-refractivity contribution is 6.32. The Morgan fingerprint density at radius 1 is 1.28 bits per heavy atom. The Morgan fingerprint density at radius 3 is 2.61 bits per heavy atom. The third kappa shape index (κ3) is 2.43. The quantitative estimate of drug-likeness (QED) is 0.911. The first-order chi connectivity index (χ1) is 8.69. The molecule has 0 radical (unpaired) electrons. The van der Waals surface area contributed by atoms with Crippen molar-refractivity contribution in [1.82, 2.24) is 5.32 Å². The maximum Gasteiger partial charge on any atom is 0.166 e. The van der Waals surface area contributed by atoms with Gasteiger partial charge in [0, 0.05) is 11.6 Å². The molecule has 1 aliphatic rings. The average Bonchev–Trinajstić information content (AvgIpc) is 2.42. The van der Waals surface area contributed by atoms with Crippen LogP contribution >= 0.6 is 11.6 Å². The van der Waals surface area contributed by atoms with Gasteiger partial charge in [0.25, 0.3) is 0 Å². The number of rotatable bonds is 3. The summed E-state index contributed by atoms with van der Waals surface area (Å²) in [5.74, 6) is 1.51. The lowest BCUT2D eigenvalue weighted by Crippen LogP contribution is -2.27. The fourth-order valence-corrected chi connectivity index (χ4v) is 2.81. The van der Waals surface area contributed by atoms with Gasteiger partial charge in [0.1, 0.15) is 0 Å². The van der Waals surface area contributed by atoms with E-state index in [-0.39, 0.29) is 6.04 Å². The topological polar surface area (TPSA) is 30.5 Å². The van der Waals surface area contributed by atoms with E-state index in [4.69, 9.17) is 21.1 Å². The Labute approximate surface area is 113 Å². The van der Waals surface area contributed by atoms with Gasteiger partial charge >= 0.3 is 0 Å². The molecule has 0 bridgehead atoms. The van der Waals surface area contributed by atoms with Gasteiger partial charge in [0.15, 0.2) is 11.5 Å². The van der Waals surface area contributed by atoms with Gasteiger partial charge in [-0.15, -0.1) is 0 Å². The molecule has 18 heavy (non-hydrogen) atoms. The monoisotopic (exact) mass is 269 g/mol. The smallest absolute Gasteiger partial charge is 0.166 e. The Morgan fingerprint density at radius 2 is 2.06 bits per heavy atom. The molecule has 1 aromatic carbocycles. The Bertz CT molecular complexity index is 428. The number of halogens is 1. The highest BCUT2D eigenvalue weighted by Gasteiger charge is 2.25. The van der Waals surface area contributed by atoms with E-state index in [9.17, 15) is 0 Å². The number of piperidine rings is 1. The first-order valence-electron chi connectivity index (χ1n) is 6.33. The van der Waals surface area contributed by atoms with Crippen LogP contribution < -0.4 is 14.8 Å². The average molecular weight is 270 g/mol. The van der Waals surface area contributed by atoms with E-state index in [1.165, 1.54) is 12.8 Å². The van der Waals surface area contributed by atoms with Crippen molar-refractivity contribution >= 4 is 11.6 Å². The second-order valence-corrected chi connectivity index (χ2v) is 5.04. The lowest BCUT2D eigenvalue weighted by molar-refractivity contribution is 0.338. The Balaban J connectivity index is 2.51. The van der Waals surface area contributed by atoms with Crippen molar-refractivity contribution in [3.63, 3.8) is 0 Å². The third-order valence-electron chi connectivity index (χ3n) is 3.48. The van der Waals surface area contributed by atoms with Crippen LogP contribution in [0.25, 0.3) is 0 Å². The van der Waals surface area contributed by atoms with Gasteiger partial charge in [-0.2, -0.15) is 0 Å². The van der Waals surface area contributed by atoms with Crippen molar-refractivity contribution in [1.29, 1.82) is 0 Å². The number of benzene rings is 1. The molecule has 1 atom stereocenters. The molecule has 100 valence electrons. The predicted octanol–water partition coefficient (Wildman–Crippen LogP) is 3.48. The first kappa shape index (κ1) is 13.5. The molecule has 0 spiro atoms. The lowest BCUT2D eigenvalue weighted by Gasteiger charge is -2.27. The van der Waals surface area contributed by atoms with Crippen LogP contribution in [0.2, 0.25) is 5.02 Å². The molecule has 4 heteroatoms. The minimum Gasteiger partial charge on any atom is -0.493 e. The number of nitrogens with one attached hydrogen (secondary N) is 1. The maximum absolute atomic E-state index is 6.46. The van der Waals surface area contributed by atoms with E-state index in [1.807, 2.05) is 13.0 Å². The third-order valence-corrected chi connectivity index (χ3v) is 3.98. The number of hydrogen-bond acceptors (Lipinski definition) is 3. The number of ether oxygens (including phenoxy) is 2. The molecule has 1 aliphatic heterocycles. The number of hydrogen-bond donors (Lipinski definition) is 1. The molecular weight excluding hydrogens is 250 g/mol. The number of aryl methyl sites for hydroxylation is 1. The summed E-state index contributed by atoms with van der Waals surface area (Å²) in [6.07, 6.45) is 3.52. The molecule has 1 heterocycles. The van der Waals surface area contributed by atoms with Crippen LogP contribution in [0, 0.1) is 6.92 Å². The highest BCUT2D eigenvalue weighted by Crippen LogP contribution is 2.43. The molecule has 2 rings (SSSR count). The molecule has 1 N–H and O–H groups in total. The molecule has 0 aromatic heterocycles. The summed E-state index contributed by atoms with van der Waals surface area (Å²) in [5, 5.41) is 4.29. The van der Waals surface area contributed by atoms with Crippen LogP contribution in [0.3, 0.4) is 0 Å². The summed E-state index contributed by atoms with van der Waals surface area (Å²) in [6, 6.07) is 2.18. The second kappa shape index (κ2) is 5.81. The van der Waals surface area contributed by atoms with Gasteiger partial charge in [-0.05, 0) is 37.9 Å². The summed E-state index contributed by atoms with van der Waals surface area (Å²) in [6.45, 7) is 3.02. The zero-order valence-electron chi connectivity index (χ0n) is 11.2. The fraction of sp³-hybridized carbons (Fsp3) is 0.571. The van der Waals surface area contributed by atoms with E-state index in [2.05, 4.69) is 5.32 Å². The van der Waals surface area contributed by atoms with Gasteiger partial charge in [-0.3, -0.25) is 0 Å². The zero-order chi connectivity index (χ0) is 13.1. The van der Waals surface area contributed by atoms with Crippen molar-refractivity contribution in [2.45, 2.75) is 32.2 Å². The zero-order valence-corrected chi connectivity index (χ0v) is 11.9. The molecule has 1 fully saturated rings. The van der Waals surface area contributed by atoms with Crippen molar-refractivity contribution in [3.05, 3.63) is 22.2 Å². The standard InChI is InChI=1S/C14H20ClNO2/c1-9-8-11(17-2)14(18-3)12(13(9)15)10-6-4-5-7-16-10/h8,10,16H,4-7H2,1-3H3. The van der Waals surface area contributed by atoms with Crippen LogP contribution in [0.5, 0.6) is 11.5 Å². The molecule has 1 aromatic rings. The normalized spacial score (nSPS) is 19.7. The van der Waals surface area contributed by atoms with Crippen molar-refractivity contribution < 1.29 is 9.47 Å². The molecular formula is C14H20ClNO2. The van der Waals surface area contributed by atoms with Crippen LogP contribution in [-0.2, 0) is 0 Å². The SMILES string of the molecule is COc1cc(C)c(Cl)c(C2CCCCN2)c1OC. The van der Waals surface area contributed by atoms with Crippen LogP contribution in [0.1, 0.15) is 36.4 Å². The minimum absolute atomic E-state index is 0.259. The minimum atomic E-state index is 0.259. The van der Waals surface area contributed by atoms with Gasteiger partial charge in [-0.25, -0.2) is 0 Å². The summed E-state index contributed by atoms with van der Waals surface area (Å²) < 4.78 is 10.9. The Kier molecular flexibility index (Phi) is 4.36. The van der Waals surface area contributed by atoms with Crippen molar-refractivity contribution in [2.75, 3.05) is 20.8 Å². The van der Waals surface area contributed by atoms with E-state index in [1.54, 1.807) is 14.2 Å². The molecule has 1 unspecified atom stereocenters. The summed E-state index contributed by atoms with van der Waals surface area (Å²) in [4.78, 5) is 0. The predicted molar refractivity (Wildman–Crippen MR) is 73.9 cm³/mol. The maximum atomic E-state index is 6.46. The van der Waals surface area contributed by atoms with Crippen molar-refractivity contribution in [3.8, 4) is 11.5 Å². The van der Waals surface area contributed by atoms with Gasteiger partial charge in [-0.1, -0.05) is 18.0 Å². The Hall–Kier alpha value is -0.930. The van der Waals surface area contributed by atoms with E-state index >= 15 is 0 Å². The summed E-state index contributed by atoms with van der Waals surface area (Å²) in [7, 11) is 3.32. The van der Waals surface area contributed by atoms with E-state index in [0.717, 1.165) is 40.6 Å². The van der Waals surface area contributed by atoms with Gasteiger partial charge in [0.05, 0.1) is 19.2 Å². The van der Waals surface area contributed by atoms with E-state index in [0.29, 0.717) is 0 Å². The molecule has 0 aliphatic carbocycles. The highest BCUT2D eigenvalue weighted by atomic mass is 35.5. The van der Waals surface area contributed by atoms with Crippen LogP contribution in [0.15, 0.2) is 6.07 Å². The van der Waals surface area contributed by atoms with E-state index < -0.39 is 0 Å². The second-order valence-electron chi connectivity index (χ2n) is 4.66. The molecule has 0 amide bonds. The first-order valence-corrected chi connectivity index (χ1v) is 6.71. The van der Waals surface area contributed by atoms with Gasteiger partial charge in [0.2, 0.25) is 0 Å².